The summed E-state index contributed by atoms with van der Waals surface area (Å²) in [7, 11) is 0. The SMILES string of the molecule is Cl.Fc1cc(NCc2ccccc2)ccc1C1CC1. The van der Waals surface area contributed by atoms with Crippen LogP contribution in [0.3, 0.4) is 0 Å². The average Bonchev–Trinajstić information content (AvgIpc) is 3.22. The van der Waals surface area contributed by atoms with E-state index in [-0.39, 0.29) is 18.2 Å². The summed E-state index contributed by atoms with van der Waals surface area (Å²) >= 11 is 0. The molecule has 0 bridgehead atoms. The predicted molar refractivity (Wildman–Crippen MR) is 79.4 cm³/mol. The molecule has 100 valence electrons. The minimum atomic E-state index is -0.0736. The number of nitrogens with one attached hydrogen (secondary N) is 1. The highest BCUT2D eigenvalue weighted by molar-refractivity contribution is 5.85. The maximum Gasteiger partial charge on any atom is 0.128 e. The van der Waals surface area contributed by atoms with Crippen LogP contribution in [-0.2, 0) is 6.54 Å². The van der Waals surface area contributed by atoms with Crippen LogP contribution in [0.1, 0.15) is 29.9 Å². The van der Waals surface area contributed by atoms with Gasteiger partial charge in [0.2, 0.25) is 0 Å². The molecule has 3 rings (SSSR count). The molecule has 1 aliphatic carbocycles. The molecule has 1 saturated carbocycles. The van der Waals surface area contributed by atoms with Gasteiger partial charge in [-0.05, 0) is 42.0 Å². The van der Waals surface area contributed by atoms with Gasteiger partial charge in [0.25, 0.3) is 0 Å². The Kier molecular flexibility index (Phi) is 4.43. The first-order valence-corrected chi connectivity index (χ1v) is 6.40. The van der Waals surface area contributed by atoms with Crippen molar-refractivity contribution >= 4 is 18.1 Å². The van der Waals surface area contributed by atoms with Crippen LogP contribution in [0, 0.1) is 5.82 Å². The van der Waals surface area contributed by atoms with Crippen molar-refractivity contribution in [2.24, 2.45) is 0 Å². The average molecular weight is 278 g/mol. The van der Waals surface area contributed by atoms with Crippen LogP contribution in [0.4, 0.5) is 10.1 Å². The Balaban J connectivity index is 0.00000133. The first kappa shape index (κ1) is 13.9. The number of hydrogen-bond acceptors (Lipinski definition) is 1. The Bertz CT molecular complexity index is 538. The topological polar surface area (TPSA) is 12.0 Å². The molecule has 1 N–H and O–H groups in total. The fraction of sp³-hybridized carbons (Fsp3) is 0.250. The normalized spacial score (nSPS) is 13.7. The fourth-order valence-electron chi connectivity index (χ4n) is 2.16. The van der Waals surface area contributed by atoms with Crippen molar-refractivity contribution in [2.75, 3.05) is 5.32 Å². The number of anilines is 1. The molecular weight excluding hydrogens is 261 g/mol. The molecule has 0 atom stereocenters. The molecule has 2 aromatic rings. The Morgan fingerprint density at radius 2 is 1.79 bits per heavy atom. The molecule has 1 nitrogen and oxygen atoms in total. The van der Waals surface area contributed by atoms with Gasteiger partial charge in [-0.25, -0.2) is 4.39 Å². The highest BCUT2D eigenvalue weighted by atomic mass is 35.5. The summed E-state index contributed by atoms with van der Waals surface area (Å²) in [4.78, 5) is 0. The molecule has 0 amide bonds. The Labute approximate surface area is 119 Å². The van der Waals surface area contributed by atoms with Crippen molar-refractivity contribution < 1.29 is 4.39 Å². The smallest absolute Gasteiger partial charge is 0.128 e. The molecule has 0 radical (unpaired) electrons. The third-order valence-corrected chi connectivity index (χ3v) is 3.36. The second-order valence-corrected chi connectivity index (χ2v) is 4.85. The number of halogens is 2. The van der Waals surface area contributed by atoms with Gasteiger partial charge in [0.05, 0.1) is 0 Å². The van der Waals surface area contributed by atoms with E-state index in [9.17, 15) is 4.39 Å². The van der Waals surface area contributed by atoms with E-state index >= 15 is 0 Å². The lowest BCUT2D eigenvalue weighted by Gasteiger charge is -2.08. The van der Waals surface area contributed by atoms with E-state index in [1.807, 2.05) is 30.3 Å². The molecule has 0 aromatic heterocycles. The van der Waals surface area contributed by atoms with Crippen molar-refractivity contribution in [1.29, 1.82) is 0 Å². The quantitative estimate of drug-likeness (QED) is 0.851. The van der Waals surface area contributed by atoms with E-state index in [4.69, 9.17) is 0 Å². The second-order valence-electron chi connectivity index (χ2n) is 4.85. The van der Waals surface area contributed by atoms with Gasteiger partial charge in [0.1, 0.15) is 5.82 Å². The molecule has 1 fully saturated rings. The molecule has 3 heteroatoms. The van der Waals surface area contributed by atoms with Crippen molar-refractivity contribution in [2.45, 2.75) is 25.3 Å². The maximum absolute atomic E-state index is 13.8. The number of benzene rings is 2. The Morgan fingerprint density at radius 1 is 1.05 bits per heavy atom. The first-order valence-electron chi connectivity index (χ1n) is 6.40. The van der Waals surface area contributed by atoms with E-state index in [1.165, 1.54) is 5.56 Å². The molecule has 0 unspecified atom stereocenters. The standard InChI is InChI=1S/C16H16FN.ClH/c17-16-10-14(8-9-15(16)13-6-7-13)18-11-12-4-2-1-3-5-12;/h1-5,8-10,13,18H,6-7,11H2;1H. The van der Waals surface area contributed by atoms with E-state index in [1.54, 1.807) is 6.07 Å². The molecular formula is C16H17ClFN. The zero-order valence-corrected chi connectivity index (χ0v) is 11.4. The molecule has 0 saturated heterocycles. The van der Waals surface area contributed by atoms with Gasteiger partial charge >= 0.3 is 0 Å². The van der Waals surface area contributed by atoms with Crippen molar-refractivity contribution in [3.63, 3.8) is 0 Å². The molecule has 0 heterocycles. The summed E-state index contributed by atoms with van der Waals surface area (Å²) in [5, 5.41) is 3.25. The van der Waals surface area contributed by atoms with Crippen molar-refractivity contribution in [3.05, 3.63) is 65.5 Å². The van der Waals surface area contributed by atoms with Crippen LogP contribution >= 0.6 is 12.4 Å². The first-order chi connectivity index (χ1) is 8.83. The van der Waals surface area contributed by atoms with Gasteiger partial charge in [-0.2, -0.15) is 0 Å². The van der Waals surface area contributed by atoms with Crippen LogP contribution in [0.15, 0.2) is 48.5 Å². The van der Waals surface area contributed by atoms with Crippen molar-refractivity contribution in [3.8, 4) is 0 Å². The maximum atomic E-state index is 13.8. The van der Waals surface area contributed by atoms with E-state index in [2.05, 4.69) is 17.4 Å². The molecule has 1 aliphatic rings. The summed E-state index contributed by atoms with van der Waals surface area (Å²) in [5.41, 5.74) is 2.92. The Morgan fingerprint density at radius 3 is 2.42 bits per heavy atom. The van der Waals surface area contributed by atoms with Gasteiger partial charge < -0.3 is 5.32 Å². The molecule has 19 heavy (non-hydrogen) atoms. The van der Waals surface area contributed by atoms with Gasteiger partial charge in [-0.1, -0.05) is 36.4 Å². The van der Waals surface area contributed by atoms with E-state index in [0.717, 1.165) is 30.6 Å². The van der Waals surface area contributed by atoms with Gasteiger partial charge in [0.15, 0.2) is 0 Å². The second kappa shape index (κ2) is 6.07. The Hall–Kier alpha value is -1.54. The summed E-state index contributed by atoms with van der Waals surface area (Å²) in [5.74, 6) is 0.392. The van der Waals surface area contributed by atoms with E-state index in [0.29, 0.717) is 5.92 Å². The fourth-order valence-corrected chi connectivity index (χ4v) is 2.16. The van der Waals surface area contributed by atoms with Gasteiger partial charge in [-0.3, -0.25) is 0 Å². The molecule has 0 aliphatic heterocycles. The third kappa shape index (κ3) is 3.48. The van der Waals surface area contributed by atoms with Gasteiger partial charge in [-0.15, -0.1) is 12.4 Å². The summed E-state index contributed by atoms with van der Waals surface area (Å²) in [6.45, 7) is 0.725. The summed E-state index contributed by atoms with van der Waals surface area (Å²) < 4.78 is 13.8. The van der Waals surface area contributed by atoms with E-state index < -0.39 is 0 Å². The predicted octanol–water partition coefficient (Wildman–Crippen LogP) is 4.74. The van der Waals surface area contributed by atoms with Crippen LogP contribution in [0.2, 0.25) is 0 Å². The molecule has 2 aromatic carbocycles. The summed E-state index contributed by atoms with van der Waals surface area (Å²) in [6.07, 6.45) is 2.27. The van der Waals surface area contributed by atoms with Gasteiger partial charge in [0, 0.05) is 12.2 Å². The number of rotatable bonds is 4. The van der Waals surface area contributed by atoms with Crippen LogP contribution < -0.4 is 5.32 Å². The highest BCUT2D eigenvalue weighted by Gasteiger charge is 2.26. The van der Waals surface area contributed by atoms with Crippen LogP contribution in [0.5, 0.6) is 0 Å². The van der Waals surface area contributed by atoms with Crippen LogP contribution in [0.25, 0.3) is 0 Å². The zero-order chi connectivity index (χ0) is 12.4. The minimum Gasteiger partial charge on any atom is -0.381 e. The third-order valence-electron chi connectivity index (χ3n) is 3.36. The lowest BCUT2D eigenvalue weighted by Crippen LogP contribution is -2.00. The zero-order valence-electron chi connectivity index (χ0n) is 10.6. The lowest BCUT2D eigenvalue weighted by molar-refractivity contribution is 0.611. The highest BCUT2D eigenvalue weighted by Crippen LogP contribution is 2.41. The largest absolute Gasteiger partial charge is 0.381 e. The monoisotopic (exact) mass is 277 g/mol. The van der Waals surface area contributed by atoms with Crippen LogP contribution in [-0.4, -0.2) is 0 Å². The van der Waals surface area contributed by atoms with Crippen molar-refractivity contribution in [1.82, 2.24) is 0 Å². The molecule has 0 spiro atoms. The summed E-state index contributed by atoms with van der Waals surface area (Å²) in [6, 6.07) is 15.6. The number of hydrogen-bond donors (Lipinski definition) is 1. The lowest BCUT2D eigenvalue weighted by atomic mass is 10.1. The minimum absolute atomic E-state index is 0.